The molecule has 3 fully saturated rings. The van der Waals surface area contributed by atoms with Crippen molar-refractivity contribution in [3.63, 3.8) is 0 Å². The first-order valence-corrected chi connectivity index (χ1v) is 27.6. The summed E-state index contributed by atoms with van der Waals surface area (Å²) in [7, 11) is 0. The summed E-state index contributed by atoms with van der Waals surface area (Å²) >= 11 is 0. The summed E-state index contributed by atoms with van der Waals surface area (Å²) in [4.78, 5) is 76.8. The Bertz CT molecular complexity index is 2850. The molecule has 0 heterocycles. The molecule has 4 aromatic carbocycles. The van der Waals surface area contributed by atoms with E-state index in [2.05, 4.69) is 43.1 Å². The molecule has 12 heteroatoms. The second kappa shape index (κ2) is 29.6. The van der Waals surface area contributed by atoms with E-state index in [1.54, 1.807) is 36.4 Å². The summed E-state index contributed by atoms with van der Waals surface area (Å²) in [5.74, 6) is 13.2. The number of hydrogen-bond donors (Lipinski definition) is 0. The van der Waals surface area contributed by atoms with Crippen molar-refractivity contribution < 1.29 is 57.2 Å². The van der Waals surface area contributed by atoms with Crippen molar-refractivity contribution >= 4 is 35.8 Å². The van der Waals surface area contributed by atoms with Gasteiger partial charge in [-0.2, -0.15) is 0 Å². The van der Waals surface area contributed by atoms with Gasteiger partial charge in [0.1, 0.15) is 11.5 Å². The van der Waals surface area contributed by atoms with Crippen molar-refractivity contribution in [2.24, 2.45) is 23.7 Å². The third-order valence-corrected chi connectivity index (χ3v) is 14.9. The van der Waals surface area contributed by atoms with Crippen LogP contribution >= 0.6 is 0 Å². The van der Waals surface area contributed by atoms with Crippen LogP contribution in [0.3, 0.4) is 0 Å². The van der Waals surface area contributed by atoms with Gasteiger partial charge in [-0.15, -0.1) is 6.42 Å². The Morgan fingerprint density at radius 2 is 0.949 bits per heavy atom. The van der Waals surface area contributed by atoms with Crippen molar-refractivity contribution in [3.05, 3.63) is 143 Å². The van der Waals surface area contributed by atoms with Crippen LogP contribution < -0.4 is 9.47 Å². The zero-order valence-electron chi connectivity index (χ0n) is 44.7. The summed E-state index contributed by atoms with van der Waals surface area (Å²) in [5.41, 5.74) is 3.44. The highest BCUT2D eigenvalue weighted by Gasteiger charge is 2.39. The van der Waals surface area contributed by atoms with Crippen LogP contribution in [0, 0.1) is 59.7 Å². The minimum absolute atomic E-state index is 0.131. The molecule has 78 heavy (non-hydrogen) atoms. The molecule has 4 aromatic rings. The van der Waals surface area contributed by atoms with E-state index < -0.39 is 17.5 Å². The highest BCUT2D eigenvalue weighted by molar-refractivity contribution is 5.90. The number of esters is 6. The predicted molar refractivity (Wildman–Crippen MR) is 295 cm³/mol. The van der Waals surface area contributed by atoms with Gasteiger partial charge in [-0.1, -0.05) is 68.6 Å². The Hall–Kier alpha value is -7.88. The molecule has 3 saturated carbocycles. The van der Waals surface area contributed by atoms with Crippen LogP contribution in [0.2, 0.25) is 0 Å². The van der Waals surface area contributed by atoms with Crippen LogP contribution in [0.4, 0.5) is 0 Å². The van der Waals surface area contributed by atoms with Crippen LogP contribution in [0.5, 0.6) is 11.5 Å². The van der Waals surface area contributed by atoms with E-state index in [0.29, 0.717) is 114 Å². The number of carbonyl (C=O) groups excluding carboxylic acids is 6. The van der Waals surface area contributed by atoms with Crippen molar-refractivity contribution in [1.29, 1.82) is 0 Å². The smallest absolute Gasteiger partial charge is 0.339 e. The zero-order valence-corrected chi connectivity index (χ0v) is 44.7. The van der Waals surface area contributed by atoms with Crippen molar-refractivity contribution in [1.82, 2.24) is 0 Å². The normalized spacial score (nSPS) is 20.5. The van der Waals surface area contributed by atoms with Gasteiger partial charge in [0.2, 0.25) is 0 Å². The Morgan fingerprint density at radius 1 is 0.526 bits per heavy atom. The first-order chi connectivity index (χ1) is 37.9. The Balaban J connectivity index is 0.931. The maximum absolute atomic E-state index is 14.0. The molecule has 0 atom stereocenters. The molecule has 0 saturated heterocycles. The van der Waals surface area contributed by atoms with Crippen molar-refractivity contribution in [2.75, 3.05) is 19.8 Å². The molecule has 7 rings (SSSR count). The van der Waals surface area contributed by atoms with Gasteiger partial charge in [0, 0.05) is 28.3 Å². The summed E-state index contributed by atoms with van der Waals surface area (Å²) in [6.07, 6.45) is 18.5. The van der Waals surface area contributed by atoms with Crippen molar-refractivity contribution in [2.45, 2.75) is 134 Å². The summed E-state index contributed by atoms with van der Waals surface area (Å²) in [6.45, 7) is 6.42. The molecule has 3 aliphatic rings. The minimum Gasteiger partial charge on any atom is -0.465 e. The van der Waals surface area contributed by atoms with E-state index in [4.69, 9.17) is 34.8 Å². The first kappa shape index (κ1) is 57.8. The lowest BCUT2D eigenvalue weighted by molar-refractivity contribution is -0.152. The number of benzene rings is 4. The van der Waals surface area contributed by atoms with Gasteiger partial charge in [0.25, 0.3) is 0 Å². The molecule has 0 N–H and O–H groups in total. The largest absolute Gasteiger partial charge is 0.465 e. The van der Waals surface area contributed by atoms with E-state index in [0.717, 1.165) is 59.6 Å². The van der Waals surface area contributed by atoms with Crippen molar-refractivity contribution in [3.8, 4) is 47.5 Å². The second-order valence-corrected chi connectivity index (χ2v) is 20.5. The molecular weight excluding hydrogens is 985 g/mol. The fourth-order valence-corrected chi connectivity index (χ4v) is 10.1. The molecule has 3 aliphatic carbocycles. The van der Waals surface area contributed by atoms with E-state index >= 15 is 0 Å². The van der Waals surface area contributed by atoms with Gasteiger partial charge in [0.15, 0.2) is 5.60 Å². The lowest BCUT2D eigenvalue weighted by atomic mass is 9.76. The second-order valence-electron chi connectivity index (χ2n) is 20.5. The zero-order chi connectivity index (χ0) is 55.1. The van der Waals surface area contributed by atoms with Crippen LogP contribution in [0.25, 0.3) is 0 Å². The highest BCUT2D eigenvalue weighted by Crippen LogP contribution is 2.41. The highest BCUT2D eigenvalue weighted by atomic mass is 16.6. The van der Waals surface area contributed by atoms with Crippen LogP contribution in [-0.2, 0) is 42.9 Å². The van der Waals surface area contributed by atoms with Gasteiger partial charge in [-0.25, -0.2) is 9.59 Å². The molecule has 0 aromatic heterocycles. The van der Waals surface area contributed by atoms with Gasteiger partial charge in [-0.05, 0) is 199 Å². The predicted octanol–water partition coefficient (Wildman–Crippen LogP) is 12.0. The fraction of sp³-hybridized carbons (Fsp3) is 0.424. The van der Waals surface area contributed by atoms with E-state index in [-0.39, 0.29) is 66.7 Å². The van der Waals surface area contributed by atoms with Gasteiger partial charge in [0.05, 0.1) is 49.1 Å². The standard InChI is InChI=1S/C66H70O12/c1-4-7-8-9-45-74-61(68)53-22-26-56(27-23-53)64(71)77-59-36-32-57(33-37-59)65(72)78-66(41-38-50-20-18-49(19-21-50)17-16-48-14-12-47(5-2)13-15-48)42-39-52(40-43-66)51-30-34-58(35-31-51)76-63(70)55-28-24-54(25-29-55)62(69)75-46-11-10-44-73-60(67)6-3/h2,6,12-15,18-21,30-37,52-56H,3-4,7-11,22-29,39-40,42-46H2,1H3. The van der Waals surface area contributed by atoms with Crippen LogP contribution in [-0.4, -0.2) is 61.2 Å². The molecule has 0 bridgehead atoms. The molecule has 0 unspecified atom stereocenters. The molecule has 0 aliphatic heterocycles. The number of hydrogen-bond acceptors (Lipinski definition) is 12. The summed E-state index contributed by atoms with van der Waals surface area (Å²) in [5, 5.41) is 0. The summed E-state index contributed by atoms with van der Waals surface area (Å²) < 4.78 is 33.8. The Morgan fingerprint density at radius 3 is 1.41 bits per heavy atom. The first-order valence-electron chi connectivity index (χ1n) is 27.6. The number of unbranched alkanes of at least 4 members (excludes halogenated alkanes) is 4. The molecule has 0 radical (unpaired) electrons. The maximum atomic E-state index is 14.0. The topological polar surface area (TPSA) is 158 Å². The monoisotopic (exact) mass is 1050 g/mol. The molecular formula is C66H70O12. The van der Waals surface area contributed by atoms with Crippen LogP contribution in [0.1, 0.15) is 167 Å². The number of terminal acetylenes is 1. The fourth-order valence-electron chi connectivity index (χ4n) is 10.1. The van der Waals surface area contributed by atoms with E-state index in [9.17, 15) is 28.8 Å². The lowest BCUT2D eigenvalue weighted by Gasteiger charge is -2.36. The van der Waals surface area contributed by atoms with Crippen LogP contribution in [0.15, 0.2) is 110 Å². The SMILES string of the molecule is C#Cc1ccc(C#Cc2ccc(C#CC3(OC(=O)c4ccc(OC(=O)C5CCC(C(=O)OCCCCCC)CC5)cc4)CCC(c4ccc(OC(=O)C5CCC(C(=O)OCCCCOC(=O)C=C)CC5)cc4)CC3)cc2)cc1. The quantitative estimate of drug-likeness (QED) is 0.0206. The molecule has 0 amide bonds. The number of carbonyl (C=O) groups is 6. The maximum Gasteiger partial charge on any atom is 0.339 e. The minimum atomic E-state index is -1.10. The molecule has 0 spiro atoms. The van der Waals surface area contributed by atoms with Gasteiger partial charge in [-0.3, -0.25) is 19.2 Å². The third kappa shape index (κ3) is 17.6. The van der Waals surface area contributed by atoms with E-state index in [1.165, 1.54) is 0 Å². The van der Waals surface area contributed by atoms with Gasteiger partial charge < -0.3 is 28.4 Å². The molecule has 12 nitrogen and oxygen atoms in total. The van der Waals surface area contributed by atoms with Gasteiger partial charge >= 0.3 is 35.8 Å². The summed E-state index contributed by atoms with van der Waals surface area (Å²) in [6, 6.07) is 29.0. The average Bonchev–Trinajstić information content (AvgIpc) is 3.51. The average molecular weight is 1060 g/mol. The number of rotatable bonds is 20. The third-order valence-electron chi connectivity index (χ3n) is 14.9. The van der Waals surface area contributed by atoms with E-state index in [1.807, 2.05) is 60.7 Å². The Kier molecular flexibility index (Phi) is 21.9. The molecule has 406 valence electrons. The number of ether oxygens (including phenoxy) is 6. The lowest BCUT2D eigenvalue weighted by Crippen LogP contribution is -2.37. The Labute approximate surface area is 459 Å².